The second kappa shape index (κ2) is 6.17. The van der Waals surface area contributed by atoms with E-state index in [4.69, 9.17) is 9.84 Å². The lowest BCUT2D eigenvalue weighted by Crippen LogP contribution is -2.41. The average Bonchev–Trinajstić information content (AvgIpc) is 2.40. The number of carboxylic acids is 1. The van der Waals surface area contributed by atoms with Gasteiger partial charge in [0.1, 0.15) is 6.10 Å². The Bertz CT molecular complexity index is 449. The van der Waals surface area contributed by atoms with Crippen molar-refractivity contribution < 1.29 is 19.4 Å². The molecule has 1 aliphatic heterocycles. The summed E-state index contributed by atoms with van der Waals surface area (Å²) in [6.45, 7) is 0.991. The van der Waals surface area contributed by atoms with Crippen molar-refractivity contribution in [3.05, 3.63) is 30.1 Å². The molecule has 1 unspecified atom stereocenters. The Balaban J connectivity index is 1.84. The number of amides is 1. The summed E-state index contributed by atoms with van der Waals surface area (Å²) in [4.78, 5) is 28.0. The minimum absolute atomic E-state index is 0.0260. The Kier molecular flexibility index (Phi) is 4.33. The lowest BCUT2D eigenvalue weighted by molar-refractivity contribution is -0.137. The molecule has 6 heteroatoms. The van der Waals surface area contributed by atoms with Crippen LogP contribution >= 0.6 is 0 Å². The maximum atomic E-state index is 11.8. The zero-order valence-electron chi connectivity index (χ0n) is 10.5. The van der Waals surface area contributed by atoms with Crippen LogP contribution in [0.3, 0.4) is 0 Å². The summed E-state index contributed by atoms with van der Waals surface area (Å²) in [5.41, 5.74) is 0.809. The van der Waals surface area contributed by atoms with E-state index in [9.17, 15) is 9.59 Å². The van der Waals surface area contributed by atoms with Crippen molar-refractivity contribution in [3.63, 3.8) is 0 Å². The summed E-state index contributed by atoms with van der Waals surface area (Å²) in [6.07, 6.45) is 2.05. The monoisotopic (exact) mass is 264 g/mol. The molecule has 1 fully saturated rings. The van der Waals surface area contributed by atoms with E-state index in [0.29, 0.717) is 25.9 Å². The number of carbonyl (C=O) groups excluding carboxylic acids is 1. The largest absolute Gasteiger partial charge is 0.481 e. The van der Waals surface area contributed by atoms with E-state index in [1.165, 1.54) is 0 Å². The molecule has 2 rings (SSSR count). The Hall–Kier alpha value is -2.11. The van der Waals surface area contributed by atoms with Gasteiger partial charge < -0.3 is 14.7 Å². The molecule has 0 radical (unpaired) electrons. The fraction of sp³-hybridized carbons (Fsp3) is 0.462. The topological polar surface area (TPSA) is 79.7 Å². The summed E-state index contributed by atoms with van der Waals surface area (Å²) < 4.78 is 5.22. The number of carbonyl (C=O) groups is 2. The molecule has 1 saturated heterocycles. The van der Waals surface area contributed by atoms with Gasteiger partial charge >= 0.3 is 12.1 Å². The predicted molar refractivity (Wildman–Crippen MR) is 66.4 cm³/mol. The standard InChI is InChI=1S/C13H16N2O4/c16-12(17)5-4-11-6-8-15(13(18)19-11)9-10-3-1-2-7-14-10/h1-3,7,11H,4-6,8-9H2,(H,16,17). The van der Waals surface area contributed by atoms with Crippen LogP contribution in [0.1, 0.15) is 25.0 Å². The third-order valence-corrected chi connectivity index (χ3v) is 3.01. The first kappa shape index (κ1) is 13.3. The van der Waals surface area contributed by atoms with Gasteiger partial charge in [-0.2, -0.15) is 0 Å². The molecule has 0 bridgehead atoms. The lowest BCUT2D eigenvalue weighted by Gasteiger charge is -2.31. The van der Waals surface area contributed by atoms with Crippen molar-refractivity contribution in [1.82, 2.24) is 9.88 Å². The van der Waals surface area contributed by atoms with E-state index in [1.807, 2.05) is 18.2 Å². The highest BCUT2D eigenvalue weighted by molar-refractivity contribution is 5.69. The highest BCUT2D eigenvalue weighted by Crippen LogP contribution is 2.17. The van der Waals surface area contributed by atoms with Gasteiger partial charge in [-0.1, -0.05) is 6.07 Å². The molecule has 6 nitrogen and oxygen atoms in total. The van der Waals surface area contributed by atoms with E-state index in [-0.39, 0.29) is 12.5 Å². The van der Waals surface area contributed by atoms with Crippen molar-refractivity contribution in [2.75, 3.05) is 6.54 Å². The fourth-order valence-electron chi connectivity index (χ4n) is 1.99. The predicted octanol–water partition coefficient (Wildman–Crippen LogP) is 1.66. The molecule has 1 aliphatic rings. The molecule has 1 N–H and O–H groups in total. The Morgan fingerprint density at radius 2 is 2.37 bits per heavy atom. The minimum Gasteiger partial charge on any atom is -0.481 e. The van der Waals surface area contributed by atoms with Crippen LogP contribution in [0.25, 0.3) is 0 Å². The van der Waals surface area contributed by atoms with E-state index in [2.05, 4.69) is 4.98 Å². The molecular formula is C13H16N2O4. The van der Waals surface area contributed by atoms with Crippen molar-refractivity contribution in [3.8, 4) is 0 Å². The van der Waals surface area contributed by atoms with Crippen LogP contribution in [0.5, 0.6) is 0 Å². The number of nitrogens with zero attached hydrogens (tertiary/aromatic N) is 2. The molecule has 19 heavy (non-hydrogen) atoms. The molecule has 2 heterocycles. The number of aromatic nitrogens is 1. The van der Waals surface area contributed by atoms with Crippen LogP contribution in [-0.4, -0.2) is 39.7 Å². The van der Waals surface area contributed by atoms with Crippen molar-refractivity contribution in [1.29, 1.82) is 0 Å². The van der Waals surface area contributed by atoms with Gasteiger partial charge in [-0.05, 0) is 18.6 Å². The number of carboxylic acid groups (broad SMARTS) is 1. The van der Waals surface area contributed by atoms with Gasteiger partial charge in [-0.25, -0.2) is 4.79 Å². The maximum absolute atomic E-state index is 11.8. The number of hydrogen-bond donors (Lipinski definition) is 1. The van der Waals surface area contributed by atoms with Crippen molar-refractivity contribution >= 4 is 12.1 Å². The van der Waals surface area contributed by atoms with Gasteiger partial charge in [-0.15, -0.1) is 0 Å². The van der Waals surface area contributed by atoms with Crippen LogP contribution in [0, 0.1) is 0 Å². The highest BCUT2D eigenvalue weighted by Gasteiger charge is 2.27. The zero-order valence-corrected chi connectivity index (χ0v) is 10.5. The van der Waals surface area contributed by atoms with Gasteiger partial charge in [0.2, 0.25) is 0 Å². The summed E-state index contributed by atoms with van der Waals surface area (Å²) in [6, 6.07) is 5.54. The molecule has 1 amide bonds. The maximum Gasteiger partial charge on any atom is 0.410 e. The molecular weight excluding hydrogens is 248 g/mol. The second-order valence-electron chi connectivity index (χ2n) is 4.47. The quantitative estimate of drug-likeness (QED) is 0.874. The van der Waals surface area contributed by atoms with Crippen molar-refractivity contribution in [2.24, 2.45) is 0 Å². The Morgan fingerprint density at radius 1 is 1.53 bits per heavy atom. The van der Waals surface area contributed by atoms with Crippen LogP contribution in [0.15, 0.2) is 24.4 Å². The van der Waals surface area contributed by atoms with Crippen LogP contribution in [0.4, 0.5) is 4.79 Å². The van der Waals surface area contributed by atoms with Gasteiger partial charge in [0.15, 0.2) is 0 Å². The molecule has 0 saturated carbocycles. The number of aliphatic carboxylic acids is 1. The molecule has 0 aromatic carbocycles. The summed E-state index contributed by atoms with van der Waals surface area (Å²) in [5.74, 6) is -0.869. The zero-order chi connectivity index (χ0) is 13.7. The van der Waals surface area contributed by atoms with E-state index in [0.717, 1.165) is 5.69 Å². The number of pyridine rings is 1. The van der Waals surface area contributed by atoms with E-state index >= 15 is 0 Å². The first-order chi connectivity index (χ1) is 9.15. The minimum atomic E-state index is -0.869. The highest BCUT2D eigenvalue weighted by atomic mass is 16.6. The van der Waals surface area contributed by atoms with E-state index < -0.39 is 12.1 Å². The molecule has 1 aromatic rings. The first-order valence-corrected chi connectivity index (χ1v) is 6.22. The van der Waals surface area contributed by atoms with Gasteiger partial charge in [-0.3, -0.25) is 9.78 Å². The summed E-state index contributed by atoms with van der Waals surface area (Å²) in [5, 5.41) is 8.60. The molecule has 1 atom stereocenters. The van der Waals surface area contributed by atoms with Crippen LogP contribution < -0.4 is 0 Å². The third kappa shape index (κ3) is 3.94. The lowest BCUT2D eigenvalue weighted by atomic mass is 10.1. The smallest absolute Gasteiger partial charge is 0.410 e. The molecule has 102 valence electrons. The number of hydrogen-bond acceptors (Lipinski definition) is 4. The fourth-order valence-corrected chi connectivity index (χ4v) is 1.99. The van der Waals surface area contributed by atoms with Gasteiger partial charge in [0, 0.05) is 25.6 Å². The number of cyclic esters (lactones) is 1. The van der Waals surface area contributed by atoms with E-state index in [1.54, 1.807) is 11.1 Å². The van der Waals surface area contributed by atoms with Gasteiger partial charge in [0.25, 0.3) is 0 Å². The first-order valence-electron chi connectivity index (χ1n) is 6.22. The number of rotatable bonds is 5. The molecule has 0 aliphatic carbocycles. The molecule has 1 aromatic heterocycles. The summed E-state index contributed by atoms with van der Waals surface area (Å²) >= 11 is 0. The normalized spacial score (nSPS) is 19.1. The Labute approximate surface area is 111 Å². The second-order valence-corrected chi connectivity index (χ2v) is 4.47. The molecule has 0 spiro atoms. The third-order valence-electron chi connectivity index (χ3n) is 3.01. The SMILES string of the molecule is O=C(O)CCC1CCN(Cc2ccccn2)C(=O)O1. The summed E-state index contributed by atoms with van der Waals surface area (Å²) in [7, 11) is 0. The average molecular weight is 264 g/mol. The van der Waals surface area contributed by atoms with Crippen LogP contribution in [0.2, 0.25) is 0 Å². The Morgan fingerprint density at radius 3 is 3.00 bits per heavy atom. The van der Waals surface area contributed by atoms with Crippen LogP contribution in [-0.2, 0) is 16.1 Å². The van der Waals surface area contributed by atoms with Gasteiger partial charge in [0.05, 0.1) is 12.2 Å². The number of ether oxygens (including phenoxy) is 1. The van der Waals surface area contributed by atoms with Crippen molar-refractivity contribution in [2.45, 2.75) is 31.9 Å².